The average molecular weight is 239 g/mol. The third-order valence-electron chi connectivity index (χ3n) is 3.42. The molecule has 90 valence electrons. The summed E-state index contributed by atoms with van der Waals surface area (Å²) in [6.45, 7) is 3.29. The fourth-order valence-corrected chi connectivity index (χ4v) is 3.00. The molecule has 0 saturated heterocycles. The summed E-state index contributed by atoms with van der Waals surface area (Å²) in [5.41, 5.74) is 1.14. The molecular weight excluding hydrogens is 218 g/mol. The number of hydrogen-bond acceptors (Lipinski definition) is 4. The SMILES string of the molecule is CCCNC(CC1CCCC1)c1cnsn1. The summed E-state index contributed by atoms with van der Waals surface area (Å²) in [6, 6.07) is 0.432. The van der Waals surface area contributed by atoms with Crippen molar-refractivity contribution in [1.82, 2.24) is 14.1 Å². The van der Waals surface area contributed by atoms with Crippen molar-refractivity contribution in [3.05, 3.63) is 11.9 Å². The third kappa shape index (κ3) is 3.25. The maximum absolute atomic E-state index is 4.38. The lowest BCUT2D eigenvalue weighted by Crippen LogP contribution is -2.24. The molecule has 1 heterocycles. The molecule has 3 nitrogen and oxygen atoms in total. The molecule has 0 spiro atoms. The molecule has 1 aliphatic rings. The van der Waals surface area contributed by atoms with E-state index in [4.69, 9.17) is 0 Å². The van der Waals surface area contributed by atoms with Crippen LogP contribution in [0.4, 0.5) is 0 Å². The Morgan fingerprint density at radius 2 is 2.31 bits per heavy atom. The topological polar surface area (TPSA) is 37.8 Å². The molecule has 0 radical (unpaired) electrons. The van der Waals surface area contributed by atoms with E-state index in [-0.39, 0.29) is 0 Å². The molecular formula is C12H21N3S. The molecule has 1 fully saturated rings. The predicted molar refractivity (Wildman–Crippen MR) is 67.5 cm³/mol. The molecule has 1 aliphatic carbocycles. The van der Waals surface area contributed by atoms with Crippen molar-refractivity contribution in [3.63, 3.8) is 0 Å². The van der Waals surface area contributed by atoms with E-state index in [0.29, 0.717) is 6.04 Å². The van der Waals surface area contributed by atoms with E-state index in [0.717, 1.165) is 18.2 Å². The molecule has 16 heavy (non-hydrogen) atoms. The molecule has 0 aromatic carbocycles. The van der Waals surface area contributed by atoms with Gasteiger partial charge in [0.2, 0.25) is 0 Å². The zero-order chi connectivity index (χ0) is 11.2. The summed E-state index contributed by atoms with van der Waals surface area (Å²) in [4.78, 5) is 0. The van der Waals surface area contributed by atoms with Gasteiger partial charge in [-0.1, -0.05) is 32.6 Å². The second-order valence-corrected chi connectivity index (χ2v) is 5.28. The van der Waals surface area contributed by atoms with E-state index >= 15 is 0 Å². The first-order chi connectivity index (χ1) is 7.90. The van der Waals surface area contributed by atoms with Crippen molar-refractivity contribution in [2.45, 2.75) is 51.5 Å². The molecule has 1 unspecified atom stereocenters. The van der Waals surface area contributed by atoms with Gasteiger partial charge < -0.3 is 5.32 Å². The molecule has 1 aromatic rings. The van der Waals surface area contributed by atoms with E-state index in [1.54, 1.807) is 0 Å². The average Bonchev–Trinajstić information content (AvgIpc) is 2.96. The van der Waals surface area contributed by atoms with E-state index in [9.17, 15) is 0 Å². The monoisotopic (exact) mass is 239 g/mol. The molecule has 4 heteroatoms. The maximum Gasteiger partial charge on any atom is 0.0912 e. The minimum Gasteiger partial charge on any atom is -0.309 e. The molecule has 0 aliphatic heterocycles. The van der Waals surface area contributed by atoms with E-state index in [2.05, 4.69) is 21.0 Å². The highest BCUT2D eigenvalue weighted by molar-refractivity contribution is 6.99. The van der Waals surface area contributed by atoms with Crippen LogP contribution in [0.3, 0.4) is 0 Å². The van der Waals surface area contributed by atoms with Crippen molar-refractivity contribution in [2.24, 2.45) is 5.92 Å². The fraction of sp³-hybridized carbons (Fsp3) is 0.833. The number of nitrogens with one attached hydrogen (secondary N) is 1. The lowest BCUT2D eigenvalue weighted by Gasteiger charge is -2.19. The number of rotatable bonds is 6. The lowest BCUT2D eigenvalue weighted by molar-refractivity contribution is 0.391. The van der Waals surface area contributed by atoms with Gasteiger partial charge in [-0.3, -0.25) is 0 Å². The van der Waals surface area contributed by atoms with Gasteiger partial charge >= 0.3 is 0 Å². The van der Waals surface area contributed by atoms with Gasteiger partial charge in [0.05, 0.1) is 29.7 Å². The van der Waals surface area contributed by atoms with Gasteiger partial charge in [0.25, 0.3) is 0 Å². The van der Waals surface area contributed by atoms with Crippen LogP contribution in [0.15, 0.2) is 6.20 Å². The summed E-state index contributed by atoms with van der Waals surface area (Å²) in [7, 11) is 0. The van der Waals surface area contributed by atoms with Crippen LogP contribution in [0.1, 0.15) is 57.2 Å². The fourth-order valence-electron chi connectivity index (χ4n) is 2.53. The van der Waals surface area contributed by atoms with E-state index in [1.165, 1.54) is 50.3 Å². The first kappa shape index (κ1) is 12.0. The summed E-state index contributed by atoms with van der Waals surface area (Å²) in [5.74, 6) is 0.899. The second-order valence-electron chi connectivity index (χ2n) is 4.73. The number of hydrogen-bond donors (Lipinski definition) is 1. The molecule has 0 amide bonds. The normalized spacial score (nSPS) is 19.1. The third-order valence-corrected chi connectivity index (χ3v) is 3.91. The van der Waals surface area contributed by atoms with Crippen molar-refractivity contribution in [2.75, 3.05) is 6.54 Å². The Bertz CT molecular complexity index is 280. The first-order valence-electron chi connectivity index (χ1n) is 6.41. The quantitative estimate of drug-likeness (QED) is 0.828. The van der Waals surface area contributed by atoms with Gasteiger partial charge in [0, 0.05) is 0 Å². The van der Waals surface area contributed by atoms with Crippen LogP contribution in [0, 0.1) is 5.92 Å². The molecule has 1 N–H and O–H groups in total. The van der Waals surface area contributed by atoms with Crippen molar-refractivity contribution >= 4 is 11.7 Å². The van der Waals surface area contributed by atoms with Gasteiger partial charge in [-0.25, -0.2) is 0 Å². The Morgan fingerprint density at radius 3 is 2.94 bits per heavy atom. The molecule has 2 rings (SSSR count). The Morgan fingerprint density at radius 1 is 1.50 bits per heavy atom. The van der Waals surface area contributed by atoms with E-state index < -0.39 is 0 Å². The Balaban J connectivity index is 1.91. The Labute approximate surface area is 102 Å². The van der Waals surface area contributed by atoms with Crippen molar-refractivity contribution in [3.8, 4) is 0 Å². The van der Waals surface area contributed by atoms with Crippen LogP contribution in [0.5, 0.6) is 0 Å². The Hall–Kier alpha value is -0.480. The molecule has 1 saturated carbocycles. The second kappa shape index (κ2) is 6.30. The highest BCUT2D eigenvalue weighted by atomic mass is 32.1. The van der Waals surface area contributed by atoms with Crippen molar-refractivity contribution < 1.29 is 0 Å². The highest BCUT2D eigenvalue weighted by Crippen LogP contribution is 2.32. The Kier molecular flexibility index (Phi) is 4.72. The van der Waals surface area contributed by atoms with Crippen LogP contribution in [-0.4, -0.2) is 15.3 Å². The van der Waals surface area contributed by atoms with Crippen LogP contribution < -0.4 is 5.32 Å². The van der Waals surface area contributed by atoms with Crippen LogP contribution in [-0.2, 0) is 0 Å². The van der Waals surface area contributed by atoms with Gasteiger partial charge in [-0.15, -0.1) is 0 Å². The first-order valence-corrected chi connectivity index (χ1v) is 7.14. The minimum atomic E-state index is 0.432. The van der Waals surface area contributed by atoms with Crippen LogP contribution in [0.25, 0.3) is 0 Å². The van der Waals surface area contributed by atoms with Crippen LogP contribution in [0.2, 0.25) is 0 Å². The largest absolute Gasteiger partial charge is 0.309 e. The molecule has 1 atom stereocenters. The summed E-state index contributed by atoms with van der Waals surface area (Å²) in [5, 5.41) is 3.60. The van der Waals surface area contributed by atoms with Gasteiger partial charge in [0.1, 0.15) is 0 Å². The molecule has 1 aromatic heterocycles. The van der Waals surface area contributed by atoms with E-state index in [1.807, 2.05) is 6.20 Å². The smallest absolute Gasteiger partial charge is 0.0912 e. The minimum absolute atomic E-state index is 0.432. The standard InChI is InChI=1S/C12H21N3S/c1-2-7-13-11(12-9-14-16-15-12)8-10-5-3-4-6-10/h9-11,13H,2-8H2,1H3. The summed E-state index contributed by atoms with van der Waals surface area (Å²) in [6.07, 6.45) is 9.99. The molecule has 0 bridgehead atoms. The zero-order valence-corrected chi connectivity index (χ0v) is 10.8. The zero-order valence-electron chi connectivity index (χ0n) is 9.98. The number of nitrogens with zero attached hydrogens (tertiary/aromatic N) is 2. The predicted octanol–water partition coefficient (Wildman–Crippen LogP) is 3.16. The summed E-state index contributed by atoms with van der Waals surface area (Å²) < 4.78 is 8.50. The van der Waals surface area contributed by atoms with Crippen molar-refractivity contribution in [1.29, 1.82) is 0 Å². The highest BCUT2D eigenvalue weighted by Gasteiger charge is 2.22. The van der Waals surface area contributed by atoms with Gasteiger partial charge in [0.15, 0.2) is 0 Å². The van der Waals surface area contributed by atoms with Gasteiger partial charge in [-0.05, 0) is 25.3 Å². The number of aromatic nitrogens is 2. The van der Waals surface area contributed by atoms with Gasteiger partial charge in [-0.2, -0.15) is 8.75 Å². The van der Waals surface area contributed by atoms with Crippen LogP contribution >= 0.6 is 11.7 Å². The summed E-state index contributed by atoms with van der Waals surface area (Å²) >= 11 is 1.32. The maximum atomic E-state index is 4.38. The lowest BCUT2D eigenvalue weighted by atomic mass is 9.96.